The van der Waals surface area contributed by atoms with Crippen LogP contribution in [0.15, 0.2) is 24.4 Å². The molecule has 0 saturated heterocycles. The lowest BCUT2D eigenvalue weighted by Crippen LogP contribution is -2.17. The zero-order valence-corrected chi connectivity index (χ0v) is 10.4. The van der Waals surface area contributed by atoms with Crippen molar-refractivity contribution in [1.29, 1.82) is 0 Å². The minimum atomic E-state index is 0.451. The van der Waals surface area contributed by atoms with E-state index in [4.69, 9.17) is 10.7 Å². The molecule has 1 unspecified atom stereocenters. The molecule has 0 radical (unpaired) electrons. The van der Waals surface area contributed by atoms with Crippen LogP contribution >= 0.6 is 11.3 Å². The fourth-order valence-electron chi connectivity index (χ4n) is 2.34. The fraction of sp³-hybridized carbons (Fsp3) is 0.385. The third-order valence-corrected chi connectivity index (χ3v) is 4.39. The van der Waals surface area contributed by atoms with Crippen LogP contribution in [-0.2, 0) is 6.42 Å². The van der Waals surface area contributed by atoms with E-state index in [1.54, 1.807) is 11.3 Å². The topological polar surface area (TPSA) is 51.8 Å². The Morgan fingerprint density at radius 1 is 1.41 bits per heavy atom. The Bertz CT molecular complexity index is 507. The molecule has 0 bridgehead atoms. The summed E-state index contributed by atoms with van der Waals surface area (Å²) in [7, 11) is 0. The molecule has 4 heteroatoms. The van der Waals surface area contributed by atoms with Crippen LogP contribution in [0.5, 0.6) is 0 Å². The molecular formula is C13H15N3S. The summed E-state index contributed by atoms with van der Waals surface area (Å²) in [6.07, 6.45) is 5.38. The molecule has 2 aromatic rings. The number of fused-ring (bicyclic) bond motifs is 1. The van der Waals surface area contributed by atoms with Gasteiger partial charge in [0.05, 0.1) is 11.4 Å². The monoisotopic (exact) mass is 245 g/mol. The predicted octanol–water partition coefficient (Wildman–Crippen LogP) is 2.58. The summed E-state index contributed by atoms with van der Waals surface area (Å²) in [4.78, 5) is 10.5. The van der Waals surface area contributed by atoms with E-state index in [1.807, 2.05) is 24.4 Å². The van der Waals surface area contributed by atoms with Gasteiger partial charge < -0.3 is 5.73 Å². The van der Waals surface area contributed by atoms with E-state index in [1.165, 1.54) is 23.4 Å². The van der Waals surface area contributed by atoms with Crippen molar-refractivity contribution in [2.75, 3.05) is 6.54 Å². The van der Waals surface area contributed by atoms with Gasteiger partial charge >= 0.3 is 0 Å². The lowest BCUT2D eigenvalue weighted by molar-refractivity contribution is 0.554. The number of hydrogen-bond donors (Lipinski definition) is 1. The molecule has 1 atom stereocenters. The Morgan fingerprint density at radius 2 is 2.35 bits per heavy atom. The van der Waals surface area contributed by atoms with E-state index in [-0.39, 0.29) is 0 Å². The van der Waals surface area contributed by atoms with E-state index in [2.05, 4.69) is 4.98 Å². The zero-order valence-electron chi connectivity index (χ0n) is 9.60. The van der Waals surface area contributed by atoms with E-state index in [9.17, 15) is 0 Å². The molecule has 2 aromatic heterocycles. The van der Waals surface area contributed by atoms with E-state index >= 15 is 0 Å². The molecular weight excluding hydrogens is 230 g/mol. The summed E-state index contributed by atoms with van der Waals surface area (Å²) in [5.41, 5.74) is 8.02. The number of aryl methyl sites for hydroxylation is 1. The van der Waals surface area contributed by atoms with Crippen molar-refractivity contribution < 1.29 is 0 Å². The van der Waals surface area contributed by atoms with Gasteiger partial charge in [-0.25, -0.2) is 4.98 Å². The first kappa shape index (κ1) is 10.9. The Morgan fingerprint density at radius 3 is 3.12 bits per heavy atom. The van der Waals surface area contributed by atoms with Crippen molar-refractivity contribution >= 4 is 11.3 Å². The zero-order chi connectivity index (χ0) is 11.7. The van der Waals surface area contributed by atoms with Crippen molar-refractivity contribution in [1.82, 2.24) is 9.97 Å². The molecule has 0 saturated carbocycles. The molecule has 17 heavy (non-hydrogen) atoms. The minimum absolute atomic E-state index is 0.451. The lowest BCUT2D eigenvalue weighted by atomic mass is 9.91. The Hall–Kier alpha value is -1.26. The second-order valence-electron chi connectivity index (χ2n) is 4.37. The van der Waals surface area contributed by atoms with Gasteiger partial charge in [0.2, 0.25) is 0 Å². The number of hydrogen-bond acceptors (Lipinski definition) is 4. The highest BCUT2D eigenvalue weighted by atomic mass is 32.1. The van der Waals surface area contributed by atoms with Gasteiger partial charge in [-0.15, -0.1) is 11.3 Å². The van der Waals surface area contributed by atoms with Crippen molar-refractivity contribution in [3.8, 4) is 10.7 Å². The number of rotatable bonds is 2. The number of thiazole rings is 1. The highest BCUT2D eigenvalue weighted by Crippen LogP contribution is 2.37. The van der Waals surface area contributed by atoms with Gasteiger partial charge in [-0.3, -0.25) is 4.98 Å². The molecule has 0 aliphatic heterocycles. The molecule has 2 N–H and O–H groups in total. The first-order valence-electron chi connectivity index (χ1n) is 5.99. The normalized spacial score (nSPS) is 19.0. The SMILES string of the molecule is NCC1CCCc2sc(-c3ccccn3)nc21. The molecule has 1 aliphatic rings. The van der Waals surface area contributed by atoms with Crippen LogP contribution in [-0.4, -0.2) is 16.5 Å². The second-order valence-corrected chi connectivity index (χ2v) is 5.45. The predicted molar refractivity (Wildman–Crippen MR) is 70.1 cm³/mol. The molecule has 0 fully saturated rings. The Kier molecular flexibility index (Phi) is 2.91. The van der Waals surface area contributed by atoms with Crippen molar-refractivity contribution in [3.05, 3.63) is 35.0 Å². The standard InChI is InChI=1S/C13H15N3S/c14-8-9-4-3-6-11-12(9)16-13(17-11)10-5-1-2-7-15-10/h1-2,5,7,9H,3-4,6,8,14H2. The fourth-order valence-corrected chi connectivity index (χ4v) is 3.50. The van der Waals surface area contributed by atoms with Gasteiger partial charge in [-0.1, -0.05) is 6.07 Å². The van der Waals surface area contributed by atoms with Crippen LogP contribution in [0.25, 0.3) is 10.7 Å². The van der Waals surface area contributed by atoms with Crippen LogP contribution in [0.3, 0.4) is 0 Å². The van der Waals surface area contributed by atoms with Crippen molar-refractivity contribution in [3.63, 3.8) is 0 Å². The summed E-state index contributed by atoms with van der Waals surface area (Å²) in [5, 5.41) is 1.04. The average Bonchev–Trinajstić information content (AvgIpc) is 2.83. The third-order valence-electron chi connectivity index (χ3n) is 3.24. The van der Waals surface area contributed by atoms with Crippen LogP contribution in [0, 0.1) is 0 Å². The van der Waals surface area contributed by atoms with Gasteiger partial charge in [0, 0.05) is 23.5 Å². The Labute approximate surface area is 105 Å². The molecule has 0 amide bonds. The van der Waals surface area contributed by atoms with Crippen LogP contribution in [0.4, 0.5) is 0 Å². The van der Waals surface area contributed by atoms with Crippen LogP contribution in [0.1, 0.15) is 29.3 Å². The number of pyridine rings is 1. The van der Waals surface area contributed by atoms with Gasteiger partial charge in [0.25, 0.3) is 0 Å². The highest BCUT2D eigenvalue weighted by molar-refractivity contribution is 7.15. The second kappa shape index (κ2) is 4.55. The Balaban J connectivity index is 2.02. The van der Waals surface area contributed by atoms with Crippen LogP contribution in [0.2, 0.25) is 0 Å². The minimum Gasteiger partial charge on any atom is -0.330 e. The summed E-state index contributed by atoms with van der Waals surface area (Å²) in [6.45, 7) is 0.707. The van der Waals surface area contributed by atoms with E-state index in [0.29, 0.717) is 12.5 Å². The van der Waals surface area contributed by atoms with Crippen LogP contribution < -0.4 is 5.73 Å². The summed E-state index contributed by atoms with van der Waals surface area (Å²) >= 11 is 1.78. The molecule has 0 aromatic carbocycles. The number of aromatic nitrogens is 2. The maximum absolute atomic E-state index is 5.82. The van der Waals surface area contributed by atoms with E-state index < -0.39 is 0 Å². The van der Waals surface area contributed by atoms with Gasteiger partial charge in [-0.05, 0) is 31.4 Å². The molecule has 88 valence electrons. The molecule has 2 heterocycles. The highest BCUT2D eigenvalue weighted by Gasteiger charge is 2.24. The van der Waals surface area contributed by atoms with E-state index in [0.717, 1.165) is 17.1 Å². The maximum Gasteiger partial charge on any atom is 0.142 e. The summed E-state index contributed by atoms with van der Waals surface area (Å²) in [5.74, 6) is 0.451. The number of nitrogens with two attached hydrogens (primary N) is 1. The first-order chi connectivity index (χ1) is 8.38. The summed E-state index contributed by atoms with van der Waals surface area (Å²) in [6, 6.07) is 5.95. The van der Waals surface area contributed by atoms with Gasteiger partial charge in [0.15, 0.2) is 0 Å². The average molecular weight is 245 g/mol. The van der Waals surface area contributed by atoms with Crippen molar-refractivity contribution in [2.24, 2.45) is 5.73 Å². The first-order valence-corrected chi connectivity index (χ1v) is 6.81. The lowest BCUT2D eigenvalue weighted by Gasteiger charge is -2.18. The molecule has 0 spiro atoms. The number of nitrogens with zero attached hydrogens (tertiary/aromatic N) is 2. The molecule has 1 aliphatic carbocycles. The quantitative estimate of drug-likeness (QED) is 0.884. The van der Waals surface area contributed by atoms with Gasteiger partial charge in [-0.2, -0.15) is 0 Å². The largest absolute Gasteiger partial charge is 0.330 e. The third kappa shape index (κ3) is 1.98. The van der Waals surface area contributed by atoms with Gasteiger partial charge in [0.1, 0.15) is 5.01 Å². The van der Waals surface area contributed by atoms with Crippen molar-refractivity contribution in [2.45, 2.75) is 25.2 Å². The molecule has 3 rings (SSSR count). The molecule has 3 nitrogen and oxygen atoms in total. The maximum atomic E-state index is 5.82. The summed E-state index contributed by atoms with van der Waals surface area (Å²) < 4.78 is 0. The smallest absolute Gasteiger partial charge is 0.142 e.